The van der Waals surface area contributed by atoms with Crippen molar-refractivity contribution < 1.29 is 4.79 Å². The van der Waals surface area contributed by atoms with Crippen LogP contribution in [0.1, 0.15) is 26.3 Å². The molecule has 5 heteroatoms. The maximum Gasteiger partial charge on any atom is 0.246 e. The Bertz CT molecular complexity index is 455. The van der Waals surface area contributed by atoms with Crippen LogP contribution < -0.4 is 0 Å². The number of rotatable bonds is 6. The zero-order chi connectivity index (χ0) is 15.1. The van der Waals surface area contributed by atoms with E-state index in [0.29, 0.717) is 24.2 Å². The second-order valence-electron chi connectivity index (χ2n) is 5.14. The third kappa shape index (κ3) is 6.40. The average molecular weight is 315 g/mol. The molecule has 1 rings (SSSR count). The highest BCUT2D eigenvalue weighted by molar-refractivity contribution is 6.29. The largest absolute Gasteiger partial charge is 0.335 e. The topological polar surface area (TPSA) is 33.2 Å². The molecule has 0 spiro atoms. The highest BCUT2D eigenvalue weighted by atomic mass is 35.5. The SMILES string of the molecule is CC(Cl)/C=C/C(=O)N(Cc1ccc(Cl)nc1)CC(C)C. The van der Waals surface area contributed by atoms with Gasteiger partial charge in [-0.1, -0.05) is 37.6 Å². The number of hydrogen-bond donors (Lipinski definition) is 0. The van der Waals surface area contributed by atoms with Crippen molar-refractivity contribution >= 4 is 29.1 Å². The van der Waals surface area contributed by atoms with E-state index in [1.807, 2.05) is 13.0 Å². The second kappa shape index (κ2) is 8.28. The first-order valence-electron chi connectivity index (χ1n) is 6.60. The zero-order valence-electron chi connectivity index (χ0n) is 12.0. The van der Waals surface area contributed by atoms with Crippen LogP contribution in [0.15, 0.2) is 30.5 Å². The minimum atomic E-state index is -0.156. The molecule has 0 aliphatic heterocycles. The first-order valence-corrected chi connectivity index (χ1v) is 7.41. The fourth-order valence-corrected chi connectivity index (χ4v) is 1.90. The minimum absolute atomic E-state index is 0.0406. The normalized spacial score (nSPS) is 12.9. The van der Waals surface area contributed by atoms with Crippen molar-refractivity contribution in [1.82, 2.24) is 9.88 Å². The smallest absolute Gasteiger partial charge is 0.246 e. The van der Waals surface area contributed by atoms with Gasteiger partial charge in [0, 0.05) is 30.7 Å². The predicted molar refractivity (Wildman–Crippen MR) is 84.0 cm³/mol. The molecular formula is C15H20Cl2N2O. The van der Waals surface area contributed by atoms with Gasteiger partial charge in [0.25, 0.3) is 0 Å². The van der Waals surface area contributed by atoms with E-state index in [4.69, 9.17) is 23.2 Å². The molecule has 1 amide bonds. The first kappa shape index (κ1) is 17.0. The summed E-state index contributed by atoms with van der Waals surface area (Å²) >= 11 is 11.6. The van der Waals surface area contributed by atoms with Crippen LogP contribution in [0.2, 0.25) is 5.15 Å². The van der Waals surface area contributed by atoms with Crippen molar-refractivity contribution in [3.63, 3.8) is 0 Å². The standard InChI is InChI=1S/C15H20Cl2N2O/c1-11(2)9-19(15(20)7-4-12(3)16)10-13-5-6-14(17)18-8-13/h4-8,11-12H,9-10H2,1-3H3/b7-4+. The highest BCUT2D eigenvalue weighted by Gasteiger charge is 2.13. The zero-order valence-corrected chi connectivity index (χ0v) is 13.5. The number of hydrogen-bond acceptors (Lipinski definition) is 2. The molecule has 0 aromatic carbocycles. The predicted octanol–water partition coefficient (Wildman–Crippen LogP) is 3.90. The number of alkyl halides is 1. The number of pyridine rings is 1. The number of halogens is 2. The molecule has 3 nitrogen and oxygen atoms in total. The molecule has 0 fully saturated rings. The third-order valence-electron chi connectivity index (χ3n) is 2.56. The fourth-order valence-electron chi connectivity index (χ4n) is 1.71. The van der Waals surface area contributed by atoms with E-state index < -0.39 is 0 Å². The number of aromatic nitrogens is 1. The van der Waals surface area contributed by atoms with Crippen molar-refractivity contribution in [2.24, 2.45) is 5.92 Å². The lowest BCUT2D eigenvalue weighted by atomic mass is 10.2. The summed E-state index contributed by atoms with van der Waals surface area (Å²) in [6.45, 7) is 7.18. The summed E-state index contributed by atoms with van der Waals surface area (Å²) in [7, 11) is 0. The maximum atomic E-state index is 12.2. The minimum Gasteiger partial charge on any atom is -0.335 e. The monoisotopic (exact) mass is 314 g/mol. The molecule has 1 aromatic rings. The average Bonchev–Trinajstić information content (AvgIpc) is 2.37. The molecule has 110 valence electrons. The summed E-state index contributed by atoms with van der Waals surface area (Å²) in [6, 6.07) is 3.61. The van der Waals surface area contributed by atoms with Gasteiger partial charge in [0.2, 0.25) is 5.91 Å². The van der Waals surface area contributed by atoms with Gasteiger partial charge in [-0.3, -0.25) is 4.79 Å². The van der Waals surface area contributed by atoms with Crippen molar-refractivity contribution in [3.05, 3.63) is 41.2 Å². The Hall–Kier alpha value is -1.06. The Balaban J connectivity index is 2.78. The van der Waals surface area contributed by atoms with Crippen LogP contribution in [0.3, 0.4) is 0 Å². The maximum absolute atomic E-state index is 12.2. The Morgan fingerprint density at radius 2 is 2.10 bits per heavy atom. The lowest BCUT2D eigenvalue weighted by Crippen LogP contribution is -2.32. The Morgan fingerprint density at radius 1 is 1.40 bits per heavy atom. The van der Waals surface area contributed by atoms with Gasteiger partial charge in [-0.15, -0.1) is 11.6 Å². The van der Waals surface area contributed by atoms with Crippen LogP contribution in [0.4, 0.5) is 0 Å². The third-order valence-corrected chi connectivity index (χ3v) is 2.93. The van der Waals surface area contributed by atoms with Gasteiger partial charge in [-0.25, -0.2) is 4.98 Å². The summed E-state index contributed by atoms with van der Waals surface area (Å²) in [5, 5.41) is 0.295. The van der Waals surface area contributed by atoms with Crippen LogP contribution in [0.5, 0.6) is 0 Å². The molecule has 0 N–H and O–H groups in total. The number of amides is 1. The summed E-state index contributed by atoms with van der Waals surface area (Å²) in [5.74, 6) is 0.349. The number of carbonyl (C=O) groups excluding carboxylic acids is 1. The van der Waals surface area contributed by atoms with E-state index in [0.717, 1.165) is 5.56 Å². The van der Waals surface area contributed by atoms with Crippen LogP contribution >= 0.6 is 23.2 Å². The van der Waals surface area contributed by atoms with Crippen molar-refractivity contribution in [2.45, 2.75) is 32.7 Å². The van der Waals surface area contributed by atoms with Crippen LogP contribution in [0.25, 0.3) is 0 Å². The first-order chi connectivity index (χ1) is 9.38. The quantitative estimate of drug-likeness (QED) is 0.453. The fraction of sp³-hybridized carbons (Fsp3) is 0.467. The number of carbonyl (C=O) groups is 1. The van der Waals surface area contributed by atoms with E-state index in [1.54, 1.807) is 23.2 Å². The summed E-state index contributed by atoms with van der Waals surface area (Å²) in [6.07, 6.45) is 4.91. The van der Waals surface area contributed by atoms with Gasteiger partial charge in [0.15, 0.2) is 0 Å². The van der Waals surface area contributed by atoms with E-state index >= 15 is 0 Å². The van der Waals surface area contributed by atoms with Crippen molar-refractivity contribution in [2.75, 3.05) is 6.54 Å². The van der Waals surface area contributed by atoms with E-state index in [-0.39, 0.29) is 11.3 Å². The Kier molecular flexibility index (Phi) is 7.03. The second-order valence-corrected chi connectivity index (χ2v) is 6.21. The van der Waals surface area contributed by atoms with Crippen molar-refractivity contribution in [3.8, 4) is 0 Å². The van der Waals surface area contributed by atoms with Gasteiger partial charge in [-0.05, 0) is 24.5 Å². The van der Waals surface area contributed by atoms with Crippen LogP contribution in [-0.2, 0) is 11.3 Å². The lowest BCUT2D eigenvalue weighted by molar-refractivity contribution is -0.127. The molecule has 1 unspecified atom stereocenters. The molecular weight excluding hydrogens is 295 g/mol. The number of allylic oxidation sites excluding steroid dienone is 1. The Morgan fingerprint density at radius 3 is 2.60 bits per heavy atom. The molecule has 1 heterocycles. The van der Waals surface area contributed by atoms with Gasteiger partial charge in [0.05, 0.1) is 0 Å². The molecule has 0 aliphatic carbocycles. The molecule has 1 aromatic heterocycles. The van der Waals surface area contributed by atoms with Gasteiger partial charge < -0.3 is 4.90 Å². The van der Waals surface area contributed by atoms with Gasteiger partial charge in [-0.2, -0.15) is 0 Å². The number of nitrogens with zero attached hydrogens (tertiary/aromatic N) is 2. The lowest BCUT2D eigenvalue weighted by Gasteiger charge is -2.23. The van der Waals surface area contributed by atoms with Gasteiger partial charge in [0.1, 0.15) is 5.15 Å². The molecule has 0 saturated heterocycles. The molecule has 0 aliphatic rings. The van der Waals surface area contributed by atoms with E-state index in [9.17, 15) is 4.79 Å². The molecule has 0 saturated carbocycles. The molecule has 0 bridgehead atoms. The molecule has 20 heavy (non-hydrogen) atoms. The van der Waals surface area contributed by atoms with Gasteiger partial charge >= 0.3 is 0 Å². The van der Waals surface area contributed by atoms with Crippen LogP contribution in [-0.4, -0.2) is 27.7 Å². The summed E-state index contributed by atoms with van der Waals surface area (Å²) in [5.41, 5.74) is 0.954. The summed E-state index contributed by atoms with van der Waals surface area (Å²) < 4.78 is 0. The Labute approximate surface area is 130 Å². The van der Waals surface area contributed by atoms with Crippen LogP contribution in [0, 0.1) is 5.92 Å². The van der Waals surface area contributed by atoms with E-state index in [2.05, 4.69) is 18.8 Å². The van der Waals surface area contributed by atoms with E-state index in [1.165, 1.54) is 6.08 Å². The summed E-state index contributed by atoms with van der Waals surface area (Å²) in [4.78, 5) is 18.0. The van der Waals surface area contributed by atoms with Crippen molar-refractivity contribution in [1.29, 1.82) is 0 Å². The molecule has 1 atom stereocenters. The highest BCUT2D eigenvalue weighted by Crippen LogP contribution is 2.11. The molecule has 0 radical (unpaired) electrons.